The van der Waals surface area contributed by atoms with Crippen molar-refractivity contribution in [2.75, 3.05) is 11.8 Å². The molecule has 0 aliphatic heterocycles. The molecule has 0 saturated heterocycles. The number of pyridine rings is 1. The monoisotopic (exact) mass is 560 g/mol. The summed E-state index contributed by atoms with van der Waals surface area (Å²) in [7, 11) is -2.46. The first kappa shape index (κ1) is 27.5. The van der Waals surface area contributed by atoms with E-state index in [0.29, 0.717) is 46.1 Å². The van der Waals surface area contributed by atoms with Gasteiger partial charge in [-0.05, 0) is 33.3 Å². The molecule has 4 aromatic rings. The number of hydrogen-bond acceptors (Lipinski definition) is 10. The van der Waals surface area contributed by atoms with Gasteiger partial charge in [-0.25, -0.2) is 23.4 Å². The minimum Gasteiger partial charge on any atom is -0.481 e. The van der Waals surface area contributed by atoms with E-state index in [9.17, 15) is 8.42 Å². The van der Waals surface area contributed by atoms with Gasteiger partial charge < -0.3 is 9.26 Å². The van der Waals surface area contributed by atoms with Crippen LogP contribution in [0.1, 0.15) is 62.0 Å². The van der Waals surface area contributed by atoms with E-state index in [1.54, 1.807) is 36.6 Å². The summed E-state index contributed by atoms with van der Waals surface area (Å²) in [5.74, 6) is 1.21. The van der Waals surface area contributed by atoms with Crippen molar-refractivity contribution in [3.63, 3.8) is 0 Å². The van der Waals surface area contributed by atoms with Crippen LogP contribution in [0.15, 0.2) is 35.1 Å². The Morgan fingerprint density at radius 2 is 1.87 bits per heavy atom. The molecule has 0 radical (unpaired) electrons. The van der Waals surface area contributed by atoms with Gasteiger partial charge >= 0.3 is 0 Å². The highest BCUT2D eigenvalue weighted by Crippen LogP contribution is 2.35. The van der Waals surface area contributed by atoms with Crippen LogP contribution in [0.5, 0.6) is 5.88 Å². The Kier molecular flexibility index (Phi) is 7.97. The summed E-state index contributed by atoms with van der Waals surface area (Å²) in [5.41, 5.74) is 1.96. The molecule has 4 heterocycles. The number of nitrogens with one attached hydrogen (secondary N) is 1. The van der Waals surface area contributed by atoms with Crippen LogP contribution in [0, 0.1) is 13.8 Å². The number of aryl methyl sites for hydroxylation is 2. The molecule has 3 unspecified atom stereocenters. The largest absolute Gasteiger partial charge is 0.481 e. The molecule has 202 valence electrons. The quantitative estimate of drug-likeness (QED) is 0.296. The summed E-state index contributed by atoms with van der Waals surface area (Å²) >= 11 is 5.89. The van der Waals surface area contributed by atoms with Gasteiger partial charge in [0.1, 0.15) is 17.3 Å². The van der Waals surface area contributed by atoms with E-state index in [1.165, 1.54) is 19.5 Å². The van der Waals surface area contributed by atoms with Crippen LogP contribution in [-0.4, -0.2) is 55.7 Å². The van der Waals surface area contributed by atoms with Crippen LogP contribution in [0.2, 0.25) is 5.02 Å². The molecule has 0 spiro atoms. The number of ether oxygens (including phenoxy) is 1. The Morgan fingerprint density at radius 1 is 1.16 bits per heavy atom. The van der Waals surface area contributed by atoms with Gasteiger partial charge in [0.15, 0.2) is 5.82 Å². The second kappa shape index (κ2) is 11.0. The van der Waals surface area contributed by atoms with Crippen LogP contribution in [0.3, 0.4) is 0 Å². The second-order valence-electron chi connectivity index (χ2n) is 8.84. The van der Waals surface area contributed by atoms with Gasteiger partial charge in [0.2, 0.25) is 21.9 Å². The van der Waals surface area contributed by atoms with Crippen LogP contribution in [0.25, 0.3) is 11.5 Å². The van der Waals surface area contributed by atoms with E-state index in [0.717, 1.165) is 5.56 Å². The third-order valence-corrected chi connectivity index (χ3v) is 8.50. The van der Waals surface area contributed by atoms with Crippen molar-refractivity contribution in [2.45, 2.75) is 58.2 Å². The molecule has 1 N–H and O–H groups in total. The topological polar surface area (TPSA) is 151 Å². The normalized spacial score (nSPS) is 14.2. The number of halogens is 1. The minimum atomic E-state index is -3.98. The lowest BCUT2D eigenvalue weighted by molar-refractivity contribution is 0.390. The zero-order valence-electron chi connectivity index (χ0n) is 21.9. The van der Waals surface area contributed by atoms with Crippen LogP contribution < -0.4 is 9.46 Å². The minimum absolute atomic E-state index is 0.0348. The fourth-order valence-corrected chi connectivity index (χ4v) is 5.56. The van der Waals surface area contributed by atoms with Gasteiger partial charge in [-0.15, -0.1) is 10.2 Å². The standard InChI is InChI=1S/C24H29ClN8O4S/c1-7-19(21-14(3)31-37-15(21)4)33-23(18-9-8-10-20(28-18)36-6)29-30-24(33)32-38(34,35)16(5)13(2)22-26-11-17(25)12-27-22/h8-13,16,19H,7H2,1-6H3,(H,30,32). The highest BCUT2D eigenvalue weighted by molar-refractivity contribution is 7.93. The molecular formula is C24H29ClN8O4S. The number of aromatic nitrogens is 7. The lowest BCUT2D eigenvalue weighted by Crippen LogP contribution is -2.32. The average molecular weight is 561 g/mol. The van der Waals surface area contributed by atoms with Crippen LogP contribution in [0.4, 0.5) is 5.95 Å². The summed E-state index contributed by atoms with van der Waals surface area (Å²) in [4.78, 5) is 12.9. The summed E-state index contributed by atoms with van der Waals surface area (Å²) in [6, 6.07) is 4.84. The Hall–Kier alpha value is -3.58. The Bertz CT molecular complexity index is 1500. The van der Waals surface area contributed by atoms with Gasteiger partial charge in [-0.1, -0.05) is 36.7 Å². The van der Waals surface area contributed by atoms with Crippen molar-refractivity contribution in [3.8, 4) is 17.4 Å². The smallest absolute Gasteiger partial charge is 0.239 e. The zero-order valence-corrected chi connectivity index (χ0v) is 23.4. The molecule has 12 nitrogen and oxygen atoms in total. The number of nitrogens with zero attached hydrogens (tertiary/aromatic N) is 7. The number of methoxy groups -OCH3 is 1. The molecule has 0 fully saturated rings. The van der Waals surface area contributed by atoms with Gasteiger partial charge in [0, 0.05) is 29.9 Å². The molecule has 38 heavy (non-hydrogen) atoms. The molecular weight excluding hydrogens is 532 g/mol. The van der Waals surface area contributed by atoms with Crippen molar-refractivity contribution in [3.05, 3.63) is 58.5 Å². The maximum Gasteiger partial charge on any atom is 0.239 e. The zero-order chi connectivity index (χ0) is 27.6. The third-order valence-electron chi connectivity index (χ3n) is 6.45. The van der Waals surface area contributed by atoms with Gasteiger partial charge in [0.25, 0.3) is 0 Å². The highest BCUT2D eigenvalue weighted by atomic mass is 35.5. The first-order valence-corrected chi connectivity index (χ1v) is 13.9. The van der Waals surface area contributed by atoms with Crippen molar-refractivity contribution in [1.82, 2.24) is 34.9 Å². The van der Waals surface area contributed by atoms with E-state index in [1.807, 2.05) is 20.8 Å². The molecule has 0 amide bonds. The molecule has 0 aliphatic rings. The predicted octanol–water partition coefficient (Wildman–Crippen LogP) is 4.33. The molecule has 4 aromatic heterocycles. The predicted molar refractivity (Wildman–Crippen MR) is 142 cm³/mol. The molecule has 14 heteroatoms. The fraction of sp³-hybridized carbons (Fsp3) is 0.417. The van der Waals surface area contributed by atoms with E-state index < -0.39 is 27.2 Å². The van der Waals surface area contributed by atoms with Crippen LogP contribution >= 0.6 is 11.6 Å². The van der Waals surface area contributed by atoms with Crippen molar-refractivity contribution in [2.24, 2.45) is 0 Å². The number of anilines is 1. The first-order chi connectivity index (χ1) is 18.1. The van der Waals surface area contributed by atoms with Gasteiger partial charge in [0.05, 0.1) is 29.1 Å². The van der Waals surface area contributed by atoms with E-state index >= 15 is 0 Å². The lowest BCUT2D eigenvalue weighted by atomic mass is 10.0. The number of hydrogen-bond donors (Lipinski definition) is 1. The van der Waals surface area contributed by atoms with E-state index in [2.05, 4.69) is 35.0 Å². The maximum absolute atomic E-state index is 13.6. The number of sulfonamides is 1. The Balaban J connectivity index is 1.80. The van der Waals surface area contributed by atoms with Crippen molar-refractivity contribution >= 4 is 27.6 Å². The summed E-state index contributed by atoms with van der Waals surface area (Å²) < 4.78 is 42.2. The fourth-order valence-electron chi connectivity index (χ4n) is 4.22. The molecule has 4 rings (SSSR count). The average Bonchev–Trinajstić information content (AvgIpc) is 3.47. The molecule has 0 bridgehead atoms. The summed E-state index contributed by atoms with van der Waals surface area (Å²) in [6.07, 6.45) is 3.44. The summed E-state index contributed by atoms with van der Waals surface area (Å²) in [5, 5.41) is 12.1. The Labute approximate surface area is 225 Å². The lowest BCUT2D eigenvalue weighted by Gasteiger charge is -2.23. The first-order valence-electron chi connectivity index (χ1n) is 12.0. The Morgan fingerprint density at radius 3 is 2.47 bits per heavy atom. The maximum atomic E-state index is 13.6. The van der Waals surface area contributed by atoms with E-state index in [4.69, 9.17) is 20.9 Å². The van der Waals surface area contributed by atoms with Crippen molar-refractivity contribution < 1.29 is 17.7 Å². The van der Waals surface area contributed by atoms with E-state index in [-0.39, 0.29) is 5.95 Å². The van der Waals surface area contributed by atoms with Crippen molar-refractivity contribution in [1.29, 1.82) is 0 Å². The van der Waals surface area contributed by atoms with Gasteiger partial charge in [-0.2, -0.15) is 0 Å². The second-order valence-corrected chi connectivity index (χ2v) is 11.3. The SMILES string of the molecule is CCC(c1c(C)noc1C)n1c(NS(=O)(=O)C(C)C(C)c2ncc(Cl)cn2)nnc1-c1cccc(OC)n1. The molecule has 0 aromatic carbocycles. The van der Waals surface area contributed by atoms with Gasteiger partial charge in [-0.3, -0.25) is 9.29 Å². The molecule has 0 aliphatic carbocycles. The third kappa shape index (κ3) is 5.34. The molecule has 0 saturated carbocycles. The highest BCUT2D eigenvalue weighted by Gasteiger charge is 2.33. The molecule has 3 atom stereocenters. The van der Waals surface area contributed by atoms with Crippen LogP contribution in [-0.2, 0) is 10.0 Å². The number of rotatable bonds is 10. The summed E-state index contributed by atoms with van der Waals surface area (Å²) in [6.45, 7) is 8.94.